The molecule has 0 aliphatic carbocycles. The molecule has 64 valence electrons. The molecule has 1 atom stereocenters. The lowest BCUT2D eigenvalue weighted by molar-refractivity contribution is 0.240. The molecule has 0 aromatic heterocycles. The van der Waals surface area contributed by atoms with Gasteiger partial charge in [-0.1, -0.05) is 0 Å². The van der Waals surface area contributed by atoms with Crippen LogP contribution >= 0.6 is 22.9 Å². The van der Waals surface area contributed by atoms with E-state index in [1.54, 1.807) is 22.9 Å². The Balaban J connectivity index is 2.77. The maximum absolute atomic E-state index is 10.7. The molecule has 0 saturated carbocycles. The standard InChI is InChI=1S/C3H5IN2O4S/c4-6-1-2(5-3(6)7)11(8,9)10/h2H,1H2,(H,5,7)(H,8,9,10). The van der Waals surface area contributed by atoms with Gasteiger partial charge in [0.05, 0.1) is 29.4 Å². The average Bonchev–Trinajstić information content (AvgIpc) is 2.11. The van der Waals surface area contributed by atoms with E-state index in [9.17, 15) is 13.2 Å². The minimum atomic E-state index is -4.15. The second-order valence-electron chi connectivity index (χ2n) is 2.00. The van der Waals surface area contributed by atoms with Gasteiger partial charge in [0, 0.05) is 0 Å². The predicted molar refractivity (Wildman–Crippen MR) is 44.6 cm³/mol. The fourth-order valence-corrected chi connectivity index (χ4v) is 2.04. The fourth-order valence-electron chi connectivity index (χ4n) is 0.651. The molecule has 0 spiro atoms. The minimum Gasteiger partial charge on any atom is -0.317 e. The maximum Gasteiger partial charge on any atom is 0.327 e. The highest BCUT2D eigenvalue weighted by molar-refractivity contribution is 14.1. The van der Waals surface area contributed by atoms with Crippen molar-refractivity contribution in [3.05, 3.63) is 0 Å². The van der Waals surface area contributed by atoms with Crippen LogP contribution in [0.5, 0.6) is 0 Å². The first-order valence-corrected chi connectivity index (χ1v) is 5.08. The number of urea groups is 1. The molecule has 8 heteroatoms. The van der Waals surface area contributed by atoms with Gasteiger partial charge in [-0.2, -0.15) is 8.42 Å². The van der Waals surface area contributed by atoms with Gasteiger partial charge in [-0.3, -0.25) is 7.67 Å². The van der Waals surface area contributed by atoms with Gasteiger partial charge in [0.1, 0.15) is 0 Å². The minimum absolute atomic E-state index is 0.0295. The summed E-state index contributed by atoms with van der Waals surface area (Å²) in [5.74, 6) is 0. The van der Waals surface area contributed by atoms with Crippen molar-refractivity contribution in [1.29, 1.82) is 0 Å². The summed E-state index contributed by atoms with van der Waals surface area (Å²) < 4.78 is 30.5. The van der Waals surface area contributed by atoms with Crippen LogP contribution in [0.4, 0.5) is 4.79 Å². The Morgan fingerprint density at radius 2 is 2.27 bits per heavy atom. The molecule has 0 radical (unpaired) electrons. The number of nitrogens with one attached hydrogen (secondary N) is 1. The summed E-state index contributed by atoms with van der Waals surface area (Å²) in [5.41, 5.74) is 0. The van der Waals surface area contributed by atoms with Gasteiger partial charge < -0.3 is 5.32 Å². The Bertz CT molecular complexity index is 275. The number of nitrogens with zero attached hydrogens (tertiary/aromatic N) is 1. The smallest absolute Gasteiger partial charge is 0.317 e. The zero-order valence-electron chi connectivity index (χ0n) is 5.19. The van der Waals surface area contributed by atoms with Crippen molar-refractivity contribution in [3.8, 4) is 0 Å². The highest BCUT2D eigenvalue weighted by atomic mass is 127. The van der Waals surface area contributed by atoms with Crippen LogP contribution < -0.4 is 5.32 Å². The number of halogens is 1. The van der Waals surface area contributed by atoms with Crippen molar-refractivity contribution in [2.45, 2.75) is 5.37 Å². The van der Waals surface area contributed by atoms with Crippen LogP contribution in [-0.4, -0.2) is 34.0 Å². The molecule has 1 fully saturated rings. The lowest BCUT2D eigenvalue weighted by Crippen LogP contribution is -2.33. The monoisotopic (exact) mass is 292 g/mol. The van der Waals surface area contributed by atoms with E-state index in [0.717, 1.165) is 3.11 Å². The maximum atomic E-state index is 10.7. The van der Waals surface area contributed by atoms with Crippen LogP contribution in [0, 0.1) is 0 Å². The molecule has 1 heterocycles. The van der Waals surface area contributed by atoms with Crippen LogP contribution in [0.15, 0.2) is 0 Å². The highest BCUT2D eigenvalue weighted by Gasteiger charge is 2.35. The van der Waals surface area contributed by atoms with Crippen LogP contribution in [0.3, 0.4) is 0 Å². The number of carbonyl (C=O) groups excluding carboxylic acids is 1. The molecule has 1 unspecified atom stereocenters. The highest BCUT2D eigenvalue weighted by Crippen LogP contribution is 2.12. The molecular formula is C3H5IN2O4S. The van der Waals surface area contributed by atoms with E-state index in [-0.39, 0.29) is 6.54 Å². The fraction of sp³-hybridized carbons (Fsp3) is 0.667. The molecule has 1 aliphatic heterocycles. The largest absolute Gasteiger partial charge is 0.327 e. The molecule has 0 aromatic carbocycles. The third-order valence-electron chi connectivity index (χ3n) is 1.19. The molecule has 0 aromatic rings. The van der Waals surface area contributed by atoms with Crippen molar-refractivity contribution in [1.82, 2.24) is 8.43 Å². The third kappa shape index (κ3) is 1.93. The van der Waals surface area contributed by atoms with Crippen LogP contribution in [0.1, 0.15) is 0 Å². The number of amides is 2. The van der Waals surface area contributed by atoms with E-state index in [1.807, 2.05) is 0 Å². The van der Waals surface area contributed by atoms with Crippen LogP contribution in [-0.2, 0) is 10.1 Å². The van der Waals surface area contributed by atoms with Crippen molar-refractivity contribution in [3.63, 3.8) is 0 Å². The molecule has 1 aliphatic rings. The van der Waals surface area contributed by atoms with E-state index in [4.69, 9.17) is 4.55 Å². The Labute approximate surface area is 77.2 Å². The van der Waals surface area contributed by atoms with Gasteiger partial charge >= 0.3 is 6.03 Å². The lowest BCUT2D eigenvalue weighted by atomic mass is 10.7. The molecule has 2 N–H and O–H groups in total. The Morgan fingerprint density at radius 1 is 1.73 bits per heavy atom. The molecule has 1 saturated heterocycles. The first-order chi connectivity index (χ1) is 4.91. The zero-order valence-corrected chi connectivity index (χ0v) is 8.16. The Kier molecular flexibility index (Phi) is 2.25. The normalized spacial score (nSPS) is 25.5. The van der Waals surface area contributed by atoms with E-state index >= 15 is 0 Å². The Morgan fingerprint density at radius 3 is 2.45 bits per heavy atom. The zero-order chi connectivity index (χ0) is 8.65. The summed E-state index contributed by atoms with van der Waals surface area (Å²) in [7, 11) is -4.15. The van der Waals surface area contributed by atoms with Crippen LogP contribution in [0.2, 0.25) is 0 Å². The second kappa shape index (κ2) is 2.75. The molecule has 2 amide bonds. The molecular weight excluding hydrogens is 287 g/mol. The number of hydrogen-bond acceptors (Lipinski definition) is 3. The first-order valence-electron chi connectivity index (χ1n) is 2.61. The first kappa shape index (κ1) is 9.00. The van der Waals surface area contributed by atoms with Gasteiger partial charge in [-0.05, 0) is 0 Å². The van der Waals surface area contributed by atoms with Crippen molar-refractivity contribution >= 4 is 39.0 Å². The van der Waals surface area contributed by atoms with E-state index in [1.165, 1.54) is 0 Å². The topological polar surface area (TPSA) is 86.7 Å². The van der Waals surface area contributed by atoms with Crippen LogP contribution in [0.25, 0.3) is 0 Å². The SMILES string of the molecule is O=C1NC(S(=O)(=O)O)CN1I. The van der Waals surface area contributed by atoms with Gasteiger partial charge in [0.15, 0.2) is 5.37 Å². The third-order valence-corrected chi connectivity index (χ3v) is 3.01. The molecule has 1 rings (SSSR count). The summed E-state index contributed by atoms with van der Waals surface area (Å²) in [6.07, 6.45) is 0. The van der Waals surface area contributed by atoms with Gasteiger partial charge in [-0.25, -0.2) is 4.79 Å². The van der Waals surface area contributed by atoms with Crippen molar-refractivity contribution in [2.24, 2.45) is 0 Å². The van der Waals surface area contributed by atoms with Gasteiger partial charge in [-0.15, -0.1) is 0 Å². The summed E-state index contributed by atoms with van der Waals surface area (Å²) in [6, 6.07) is -0.506. The summed E-state index contributed by atoms with van der Waals surface area (Å²) >= 11 is 1.66. The number of hydrogen-bond donors (Lipinski definition) is 2. The average molecular weight is 292 g/mol. The van der Waals surface area contributed by atoms with Gasteiger partial charge in [0.2, 0.25) is 0 Å². The predicted octanol–water partition coefficient (Wildman–Crippen LogP) is -0.424. The van der Waals surface area contributed by atoms with Crippen molar-refractivity contribution < 1.29 is 17.8 Å². The number of rotatable bonds is 1. The van der Waals surface area contributed by atoms with E-state index < -0.39 is 21.5 Å². The van der Waals surface area contributed by atoms with Gasteiger partial charge in [0.25, 0.3) is 10.1 Å². The van der Waals surface area contributed by atoms with E-state index in [0.29, 0.717) is 0 Å². The molecule has 0 bridgehead atoms. The summed E-state index contributed by atoms with van der Waals surface area (Å²) in [5, 5.41) is 0.897. The quantitative estimate of drug-likeness (QED) is 0.390. The molecule has 11 heavy (non-hydrogen) atoms. The molecule has 6 nitrogen and oxygen atoms in total. The second-order valence-corrected chi connectivity index (χ2v) is 4.76. The lowest BCUT2D eigenvalue weighted by Gasteiger charge is -2.02. The summed E-state index contributed by atoms with van der Waals surface area (Å²) in [4.78, 5) is 10.7. The summed E-state index contributed by atoms with van der Waals surface area (Å²) in [6.45, 7) is -0.0295. The van der Waals surface area contributed by atoms with Crippen molar-refractivity contribution in [2.75, 3.05) is 6.54 Å². The van der Waals surface area contributed by atoms with E-state index in [2.05, 4.69) is 5.32 Å². The number of carbonyl (C=O) groups is 1. The Hall–Kier alpha value is -0.0900.